The minimum Gasteiger partial charge on any atom is -0.463 e. The summed E-state index contributed by atoms with van der Waals surface area (Å²) in [5, 5.41) is 0.846. The monoisotopic (exact) mass is 317 g/mol. The molecule has 0 bridgehead atoms. The first-order chi connectivity index (χ1) is 10.8. The molecule has 0 aliphatic carbocycles. The van der Waals surface area contributed by atoms with Crippen LogP contribution in [0.2, 0.25) is 5.02 Å². The number of piperidine rings is 1. The Morgan fingerprint density at radius 2 is 2.00 bits per heavy atom. The van der Waals surface area contributed by atoms with Gasteiger partial charge in [-0.2, -0.15) is 0 Å². The minimum atomic E-state index is 0.464. The second-order valence-corrected chi connectivity index (χ2v) is 6.08. The van der Waals surface area contributed by atoms with Crippen LogP contribution in [0.3, 0.4) is 0 Å². The van der Waals surface area contributed by atoms with Crippen LogP contribution in [0.4, 0.5) is 0 Å². The summed E-state index contributed by atoms with van der Waals surface area (Å²) in [5.41, 5.74) is 1.19. The molecule has 1 aliphatic rings. The van der Waals surface area contributed by atoms with Crippen molar-refractivity contribution in [3.63, 3.8) is 0 Å². The molecule has 4 nitrogen and oxygen atoms in total. The van der Waals surface area contributed by atoms with Crippen molar-refractivity contribution in [3.05, 3.63) is 53.3 Å². The van der Waals surface area contributed by atoms with E-state index < -0.39 is 0 Å². The van der Waals surface area contributed by atoms with Crippen LogP contribution in [0.5, 0.6) is 6.01 Å². The fraction of sp³-hybridized carbons (Fsp3) is 0.412. The van der Waals surface area contributed by atoms with E-state index in [9.17, 15) is 0 Å². The molecule has 1 unspecified atom stereocenters. The lowest BCUT2D eigenvalue weighted by Crippen LogP contribution is -2.37. The van der Waals surface area contributed by atoms with E-state index in [2.05, 4.69) is 20.9 Å². The molecule has 1 aromatic heterocycles. The zero-order valence-electron chi connectivity index (χ0n) is 12.5. The molecule has 5 heteroatoms. The molecule has 0 saturated carbocycles. The van der Waals surface area contributed by atoms with Crippen LogP contribution in [0.25, 0.3) is 0 Å². The number of aromatic nitrogens is 2. The number of ether oxygens (including phenoxy) is 1. The zero-order valence-corrected chi connectivity index (χ0v) is 13.2. The molecular formula is C17H20ClN3O. The normalized spacial score (nSPS) is 19.0. The van der Waals surface area contributed by atoms with Crippen molar-refractivity contribution in [1.82, 2.24) is 14.9 Å². The third-order valence-corrected chi connectivity index (χ3v) is 4.31. The van der Waals surface area contributed by atoms with E-state index in [1.165, 1.54) is 18.4 Å². The zero-order chi connectivity index (χ0) is 15.2. The summed E-state index contributed by atoms with van der Waals surface area (Å²) in [6, 6.07) is 10.3. The molecule has 1 atom stereocenters. The Morgan fingerprint density at radius 1 is 1.18 bits per heavy atom. The van der Waals surface area contributed by atoms with E-state index >= 15 is 0 Å². The van der Waals surface area contributed by atoms with Gasteiger partial charge >= 0.3 is 6.01 Å². The number of likely N-dealkylation sites (tertiary alicyclic amines) is 1. The van der Waals surface area contributed by atoms with Gasteiger partial charge in [0.15, 0.2) is 0 Å². The first-order valence-electron chi connectivity index (χ1n) is 7.67. The maximum absolute atomic E-state index is 6.25. The molecule has 0 amide bonds. The first kappa shape index (κ1) is 15.3. The molecule has 116 valence electrons. The predicted octanol–water partition coefficient (Wildman–Crippen LogP) is 3.42. The van der Waals surface area contributed by atoms with Crippen molar-refractivity contribution < 1.29 is 4.74 Å². The Balaban J connectivity index is 1.52. The Bertz CT molecular complexity index is 593. The topological polar surface area (TPSA) is 38.2 Å². The Kier molecular flexibility index (Phi) is 5.24. The van der Waals surface area contributed by atoms with Gasteiger partial charge in [-0.05, 0) is 37.1 Å². The first-order valence-corrected chi connectivity index (χ1v) is 8.04. The molecule has 0 N–H and O–H groups in total. The van der Waals surface area contributed by atoms with E-state index in [0.717, 1.165) is 24.7 Å². The van der Waals surface area contributed by atoms with Gasteiger partial charge < -0.3 is 4.74 Å². The van der Waals surface area contributed by atoms with Crippen LogP contribution in [-0.2, 0) is 6.54 Å². The Hall–Kier alpha value is -1.65. The molecule has 2 aromatic rings. The molecule has 2 heterocycles. The molecule has 3 rings (SSSR count). The second-order valence-electron chi connectivity index (χ2n) is 5.68. The van der Waals surface area contributed by atoms with Crippen molar-refractivity contribution in [2.45, 2.75) is 19.4 Å². The number of nitrogens with zero attached hydrogens (tertiary/aromatic N) is 3. The quantitative estimate of drug-likeness (QED) is 0.847. The van der Waals surface area contributed by atoms with E-state index in [1.54, 1.807) is 18.5 Å². The predicted molar refractivity (Wildman–Crippen MR) is 87.0 cm³/mol. The van der Waals surface area contributed by atoms with Gasteiger partial charge in [-0.3, -0.25) is 4.90 Å². The SMILES string of the molecule is Clc1ccccc1CN1CCCC(COc2ncccn2)C1. The highest BCUT2D eigenvalue weighted by Crippen LogP contribution is 2.22. The average Bonchev–Trinajstić information content (AvgIpc) is 2.57. The second kappa shape index (κ2) is 7.56. The molecule has 22 heavy (non-hydrogen) atoms. The molecule has 1 aromatic carbocycles. The van der Waals surface area contributed by atoms with Gasteiger partial charge in [-0.15, -0.1) is 0 Å². The maximum atomic E-state index is 6.25. The molecular weight excluding hydrogens is 298 g/mol. The van der Waals surface area contributed by atoms with Crippen LogP contribution in [0, 0.1) is 5.92 Å². The van der Waals surface area contributed by atoms with Crippen LogP contribution in [0.1, 0.15) is 18.4 Å². The summed E-state index contributed by atoms with van der Waals surface area (Å²) in [6.45, 7) is 3.71. The molecule has 1 fully saturated rings. The van der Waals surface area contributed by atoms with Gasteiger partial charge in [0.05, 0.1) is 6.61 Å². The van der Waals surface area contributed by atoms with E-state index in [0.29, 0.717) is 18.5 Å². The van der Waals surface area contributed by atoms with E-state index in [1.807, 2.05) is 18.2 Å². The number of hydrogen-bond acceptors (Lipinski definition) is 4. The summed E-state index contributed by atoms with van der Waals surface area (Å²) < 4.78 is 5.69. The molecule has 1 aliphatic heterocycles. The van der Waals surface area contributed by atoms with Gasteiger partial charge in [0.25, 0.3) is 0 Å². The van der Waals surface area contributed by atoms with Crippen molar-refractivity contribution in [1.29, 1.82) is 0 Å². The summed E-state index contributed by atoms with van der Waals surface area (Å²) in [7, 11) is 0. The van der Waals surface area contributed by atoms with Crippen LogP contribution >= 0.6 is 11.6 Å². The third-order valence-electron chi connectivity index (χ3n) is 3.95. The minimum absolute atomic E-state index is 0.464. The maximum Gasteiger partial charge on any atom is 0.316 e. The van der Waals surface area contributed by atoms with Crippen molar-refractivity contribution in [2.75, 3.05) is 19.7 Å². The smallest absolute Gasteiger partial charge is 0.316 e. The van der Waals surface area contributed by atoms with Gasteiger partial charge in [0, 0.05) is 36.4 Å². The highest BCUT2D eigenvalue weighted by molar-refractivity contribution is 6.31. The molecule has 0 radical (unpaired) electrons. The van der Waals surface area contributed by atoms with Crippen LogP contribution in [-0.4, -0.2) is 34.6 Å². The largest absolute Gasteiger partial charge is 0.463 e. The summed E-state index contributed by atoms with van der Waals surface area (Å²) >= 11 is 6.25. The Labute approximate surface area is 136 Å². The van der Waals surface area contributed by atoms with Crippen LogP contribution in [0.15, 0.2) is 42.7 Å². The number of rotatable bonds is 5. The number of halogens is 1. The summed E-state index contributed by atoms with van der Waals surface area (Å²) in [6.07, 6.45) is 5.78. The lowest BCUT2D eigenvalue weighted by molar-refractivity contribution is 0.120. The van der Waals surface area contributed by atoms with E-state index in [4.69, 9.17) is 16.3 Å². The van der Waals surface area contributed by atoms with E-state index in [-0.39, 0.29) is 0 Å². The third kappa shape index (κ3) is 4.18. The fourth-order valence-electron chi connectivity index (χ4n) is 2.85. The van der Waals surface area contributed by atoms with Crippen LogP contribution < -0.4 is 4.74 Å². The average molecular weight is 318 g/mol. The van der Waals surface area contributed by atoms with Crippen molar-refractivity contribution in [3.8, 4) is 6.01 Å². The van der Waals surface area contributed by atoms with Crippen molar-refractivity contribution >= 4 is 11.6 Å². The van der Waals surface area contributed by atoms with Gasteiger partial charge in [0.1, 0.15) is 0 Å². The van der Waals surface area contributed by atoms with Gasteiger partial charge in [-0.1, -0.05) is 29.8 Å². The van der Waals surface area contributed by atoms with Crippen molar-refractivity contribution in [2.24, 2.45) is 5.92 Å². The highest BCUT2D eigenvalue weighted by Gasteiger charge is 2.21. The fourth-order valence-corrected chi connectivity index (χ4v) is 3.05. The van der Waals surface area contributed by atoms with Gasteiger partial charge in [-0.25, -0.2) is 9.97 Å². The standard InChI is InChI=1S/C17H20ClN3O/c18-16-7-2-1-6-15(16)12-21-10-3-5-14(11-21)13-22-17-19-8-4-9-20-17/h1-2,4,6-9,14H,3,5,10-13H2. The highest BCUT2D eigenvalue weighted by atomic mass is 35.5. The van der Waals surface area contributed by atoms with Gasteiger partial charge in [0.2, 0.25) is 0 Å². The molecule has 1 saturated heterocycles. The lowest BCUT2D eigenvalue weighted by Gasteiger charge is -2.32. The lowest BCUT2D eigenvalue weighted by atomic mass is 9.98. The number of benzene rings is 1. The summed E-state index contributed by atoms with van der Waals surface area (Å²) in [4.78, 5) is 10.6. The Morgan fingerprint density at radius 3 is 2.82 bits per heavy atom. The molecule has 0 spiro atoms. The number of hydrogen-bond donors (Lipinski definition) is 0. The summed E-state index contributed by atoms with van der Waals surface area (Å²) in [5.74, 6) is 0.514.